The zero-order valence-corrected chi connectivity index (χ0v) is 16.9. The molecule has 2 aromatic rings. The van der Waals surface area contributed by atoms with Gasteiger partial charge in [0, 0.05) is 36.4 Å². The molecule has 6 nitrogen and oxygen atoms in total. The summed E-state index contributed by atoms with van der Waals surface area (Å²) in [5.74, 6) is -0.212. The van der Waals surface area contributed by atoms with E-state index < -0.39 is 5.54 Å². The van der Waals surface area contributed by atoms with Crippen LogP contribution in [0.3, 0.4) is 0 Å². The second-order valence-electron chi connectivity index (χ2n) is 8.09. The van der Waals surface area contributed by atoms with E-state index in [0.717, 1.165) is 44.6 Å². The third kappa shape index (κ3) is 4.03. The lowest BCUT2D eigenvalue weighted by Gasteiger charge is -2.43. The van der Waals surface area contributed by atoms with E-state index >= 15 is 0 Å². The Labute approximate surface area is 175 Å². The van der Waals surface area contributed by atoms with Gasteiger partial charge in [0.15, 0.2) is 5.78 Å². The number of Topliss-reactive ketones (excluding diaryl/α,β-unsaturated/α-hetero) is 1. The fraction of sp³-hybridized carbons (Fsp3) is 0.391. The monoisotopic (exact) mass is 410 g/mol. The molecule has 7 heteroatoms. The Bertz CT molecular complexity index is 906. The van der Waals surface area contributed by atoms with E-state index in [0.29, 0.717) is 24.3 Å². The highest BCUT2D eigenvalue weighted by Crippen LogP contribution is 2.36. The van der Waals surface area contributed by atoms with Gasteiger partial charge in [-0.2, -0.15) is 0 Å². The molecule has 0 saturated carbocycles. The molecule has 2 fully saturated rings. The average Bonchev–Trinajstić information content (AvgIpc) is 3.06. The molecule has 2 aliphatic rings. The summed E-state index contributed by atoms with van der Waals surface area (Å²) < 4.78 is 13.0. The number of rotatable bonds is 6. The standard InChI is InChI=1S/C23H27FN4O2/c24-18-5-3-17(4-6-18)21(29)2-1-13-27-14-11-23(12-15-27)22(30)26-16-28(23)20-9-7-19(25)8-10-20/h3-10H,1-2,11-16,25H2,(H,26,30). The number of piperidine rings is 1. The second-order valence-corrected chi connectivity index (χ2v) is 8.09. The molecule has 1 spiro atoms. The van der Waals surface area contributed by atoms with Crippen molar-refractivity contribution in [2.75, 3.05) is 36.9 Å². The molecule has 158 valence electrons. The van der Waals surface area contributed by atoms with Crippen molar-refractivity contribution < 1.29 is 14.0 Å². The van der Waals surface area contributed by atoms with Crippen LogP contribution in [0.2, 0.25) is 0 Å². The maximum absolute atomic E-state index is 13.0. The summed E-state index contributed by atoms with van der Waals surface area (Å²) in [6.45, 7) is 2.94. The number of likely N-dealkylation sites (tertiary alicyclic amines) is 1. The number of ketones is 1. The van der Waals surface area contributed by atoms with Gasteiger partial charge in [0.05, 0.1) is 6.67 Å². The van der Waals surface area contributed by atoms with Crippen molar-refractivity contribution in [3.63, 3.8) is 0 Å². The number of benzene rings is 2. The van der Waals surface area contributed by atoms with Crippen LogP contribution in [0.1, 0.15) is 36.0 Å². The summed E-state index contributed by atoms with van der Waals surface area (Å²) in [6, 6.07) is 13.3. The number of anilines is 2. The number of carbonyl (C=O) groups excluding carboxylic acids is 2. The van der Waals surface area contributed by atoms with Crippen LogP contribution < -0.4 is 16.0 Å². The molecular formula is C23H27FN4O2. The third-order valence-electron chi connectivity index (χ3n) is 6.27. The molecular weight excluding hydrogens is 383 g/mol. The number of nitrogens with two attached hydrogens (primary N) is 1. The van der Waals surface area contributed by atoms with Gasteiger partial charge in [-0.3, -0.25) is 9.59 Å². The highest BCUT2D eigenvalue weighted by molar-refractivity contribution is 5.96. The molecule has 2 heterocycles. The topological polar surface area (TPSA) is 78.7 Å². The first kappa shape index (κ1) is 20.3. The van der Waals surface area contributed by atoms with E-state index in [1.165, 1.54) is 24.3 Å². The van der Waals surface area contributed by atoms with Gasteiger partial charge in [-0.25, -0.2) is 4.39 Å². The number of halogens is 1. The Kier molecular flexibility index (Phi) is 5.72. The number of nitrogens with one attached hydrogen (secondary N) is 1. The van der Waals surface area contributed by atoms with Crippen molar-refractivity contribution in [2.24, 2.45) is 0 Å². The largest absolute Gasteiger partial charge is 0.399 e. The zero-order valence-electron chi connectivity index (χ0n) is 16.9. The summed E-state index contributed by atoms with van der Waals surface area (Å²) >= 11 is 0. The van der Waals surface area contributed by atoms with Crippen LogP contribution in [0.5, 0.6) is 0 Å². The Hall–Kier alpha value is -2.93. The predicted octanol–water partition coefficient (Wildman–Crippen LogP) is 2.80. The Morgan fingerprint density at radius 2 is 1.73 bits per heavy atom. The van der Waals surface area contributed by atoms with E-state index in [4.69, 9.17) is 5.73 Å². The molecule has 0 radical (unpaired) electrons. The first-order chi connectivity index (χ1) is 14.5. The summed E-state index contributed by atoms with van der Waals surface area (Å²) in [5, 5.41) is 3.00. The smallest absolute Gasteiger partial charge is 0.247 e. The van der Waals surface area contributed by atoms with Crippen molar-refractivity contribution in [1.82, 2.24) is 10.2 Å². The van der Waals surface area contributed by atoms with Crippen LogP contribution in [0.15, 0.2) is 48.5 Å². The van der Waals surface area contributed by atoms with E-state index in [1.54, 1.807) is 0 Å². The van der Waals surface area contributed by atoms with Crippen LogP contribution in [-0.2, 0) is 4.79 Å². The van der Waals surface area contributed by atoms with Crippen LogP contribution >= 0.6 is 0 Å². The van der Waals surface area contributed by atoms with Crippen molar-refractivity contribution in [1.29, 1.82) is 0 Å². The molecule has 3 N–H and O–H groups in total. The molecule has 2 aromatic carbocycles. The number of amides is 1. The van der Waals surface area contributed by atoms with Crippen molar-refractivity contribution in [3.8, 4) is 0 Å². The van der Waals surface area contributed by atoms with Gasteiger partial charge in [-0.05, 0) is 74.3 Å². The summed E-state index contributed by atoms with van der Waals surface area (Å²) in [7, 11) is 0. The maximum atomic E-state index is 13.0. The Morgan fingerprint density at radius 1 is 1.07 bits per heavy atom. The Morgan fingerprint density at radius 3 is 2.40 bits per heavy atom. The number of nitrogen functional groups attached to an aromatic ring is 1. The number of carbonyl (C=O) groups is 2. The number of hydrogen-bond acceptors (Lipinski definition) is 5. The molecule has 1 amide bonds. The molecule has 0 aromatic heterocycles. The fourth-order valence-corrected chi connectivity index (χ4v) is 4.47. The van der Waals surface area contributed by atoms with Gasteiger partial charge in [-0.15, -0.1) is 0 Å². The average molecular weight is 410 g/mol. The van der Waals surface area contributed by atoms with Gasteiger partial charge in [0.1, 0.15) is 11.4 Å². The molecule has 0 atom stereocenters. The SMILES string of the molecule is Nc1ccc(N2CNC(=O)C23CCN(CCCC(=O)c2ccc(F)cc2)CC3)cc1. The van der Waals surface area contributed by atoms with E-state index in [2.05, 4.69) is 15.1 Å². The van der Waals surface area contributed by atoms with Gasteiger partial charge in [-0.1, -0.05) is 0 Å². The normalized spacial score (nSPS) is 18.6. The lowest BCUT2D eigenvalue weighted by atomic mass is 9.85. The summed E-state index contributed by atoms with van der Waals surface area (Å²) in [5.41, 5.74) is 7.54. The zero-order chi connectivity index (χ0) is 21.1. The van der Waals surface area contributed by atoms with Crippen molar-refractivity contribution >= 4 is 23.1 Å². The molecule has 30 heavy (non-hydrogen) atoms. The van der Waals surface area contributed by atoms with Crippen LogP contribution in [-0.4, -0.2) is 48.4 Å². The predicted molar refractivity (Wildman–Crippen MR) is 115 cm³/mol. The quantitative estimate of drug-likeness (QED) is 0.566. The van der Waals surface area contributed by atoms with Crippen LogP contribution in [0, 0.1) is 5.82 Å². The molecule has 2 aliphatic heterocycles. The van der Waals surface area contributed by atoms with Crippen molar-refractivity contribution in [2.45, 2.75) is 31.2 Å². The van der Waals surface area contributed by atoms with Crippen LogP contribution in [0.25, 0.3) is 0 Å². The van der Waals surface area contributed by atoms with Gasteiger partial charge in [0.2, 0.25) is 5.91 Å². The number of hydrogen-bond donors (Lipinski definition) is 2. The molecule has 0 bridgehead atoms. The third-order valence-corrected chi connectivity index (χ3v) is 6.27. The fourth-order valence-electron chi connectivity index (χ4n) is 4.47. The molecule has 4 rings (SSSR count). The van der Waals surface area contributed by atoms with Gasteiger partial charge >= 0.3 is 0 Å². The van der Waals surface area contributed by atoms with Crippen LogP contribution in [0.4, 0.5) is 15.8 Å². The van der Waals surface area contributed by atoms with E-state index in [9.17, 15) is 14.0 Å². The highest BCUT2D eigenvalue weighted by atomic mass is 19.1. The molecule has 0 unspecified atom stereocenters. The first-order valence-corrected chi connectivity index (χ1v) is 10.4. The van der Waals surface area contributed by atoms with Gasteiger partial charge < -0.3 is 20.9 Å². The summed E-state index contributed by atoms with van der Waals surface area (Å²) in [6.07, 6.45) is 2.67. The molecule has 0 aliphatic carbocycles. The van der Waals surface area contributed by atoms with Crippen molar-refractivity contribution in [3.05, 3.63) is 59.9 Å². The minimum Gasteiger partial charge on any atom is -0.399 e. The minimum absolute atomic E-state index is 0.0353. The van der Waals surface area contributed by atoms with Gasteiger partial charge in [0.25, 0.3) is 0 Å². The maximum Gasteiger partial charge on any atom is 0.247 e. The lowest BCUT2D eigenvalue weighted by molar-refractivity contribution is -0.125. The number of nitrogens with zero attached hydrogens (tertiary/aromatic N) is 2. The Balaban J connectivity index is 1.31. The highest BCUT2D eigenvalue weighted by Gasteiger charge is 2.50. The minimum atomic E-state index is -0.517. The molecule has 2 saturated heterocycles. The van der Waals surface area contributed by atoms with E-state index in [-0.39, 0.29) is 17.5 Å². The van der Waals surface area contributed by atoms with E-state index in [1.807, 2.05) is 24.3 Å². The first-order valence-electron chi connectivity index (χ1n) is 10.4. The summed E-state index contributed by atoms with van der Waals surface area (Å²) in [4.78, 5) is 29.5. The second kappa shape index (κ2) is 8.44. The lowest BCUT2D eigenvalue weighted by Crippen LogP contribution is -2.56.